The predicted octanol–water partition coefficient (Wildman–Crippen LogP) is 3.29. The average molecular weight is 297 g/mol. The summed E-state index contributed by atoms with van der Waals surface area (Å²) < 4.78 is 5.25. The number of hydrogen-bond donors (Lipinski definition) is 0. The van der Waals surface area contributed by atoms with Crippen LogP contribution in [0.3, 0.4) is 0 Å². The smallest absolute Gasteiger partial charge is 0.323 e. The van der Waals surface area contributed by atoms with E-state index < -0.39 is 0 Å². The Balaban J connectivity index is 2.11. The highest BCUT2D eigenvalue weighted by Crippen LogP contribution is 2.13. The molecule has 116 valence electrons. The van der Waals surface area contributed by atoms with Gasteiger partial charge in [0.1, 0.15) is 6.04 Å². The largest absolute Gasteiger partial charge is 0.465 e. The van der Waals surface area contributed by atoms with E-state index in [1.165, 1.54) is 5.56 Å². The fourth-order valence-electron chi connectivity index (χ4n) is 2.48. The SMILES string of the molecule is CCOC(=O)C(Cc1ccccc1)N(C)Cc1ccccc1. The number of rotatable bonds is 7. The third-order valence-corrected chi connectivity index (χ3v) is 3.64. The fraction of sp³-hybridized carbons (Fsp3) is 0.316. The van der Waals surface area contributed by atoms with E-state index in [4.69, 9.17) is 4.74 Å². The summed E-state index contributed by atoms with van der Waals surface area (Å²) in [7, 11) is 1.97. The van der Waals surface area contributed by atoms with Crippen LogP contribution in [-0.4, -0.2) is 30.6 Å². The van der Waals surface area contributed by atoms with Gasteiger partial charge in [0.25, 0.3) is 0 Å². The van der Waals surface area contributed by atoms with Crippen molar-refractivity contribution in [3.8, 4) is 0 Å². The van der Waals surface area contributed by atoms with E-state index in [-0.39, 0.29) is 12.0 Å². The van der Waals surface area contributed by atoms with Gasteiger partial charge in [-0.15, -0.1) is 0 Å². The summed E-state index contributed by atoms with van der Waals surface area (Å²) >= 11 is 0. The second-order valence-electron chi connectivity index (χ2n) is 5.36. The molecule has 0 amide bonds. The summed E-state index contributed by atoms with van der Waals surface area (Å²) in [6, 6.07) is 20.0. The van der Waals surface area contributed by atoms with E-state index in [0.29, 0.717) is 13.0 Å². The quantitative estimate of drug-likeness (QED) is 0.734. The van der Waals surface area contributed by atoms with E-state index in [9.17, 15) is 4.79 Å². The maximum atomic E-state index is 12.3. The highest BCUT2D eigenvalue weighted by Gasteiger charge is 2.24. The lowest BCUT2D eigenvalue weighted by Crippen LogP contribution is -2.41. The van der Waals surface area contributed by atoms with Crippen LogP contribution in [0.2, 0.25) is 0 Å². The van der Waals surface area contributed by atoms with Crippen molar-refractivity contribution >= 4 is 5.97 Å². The molecular weight excluding hydrogens is 274 g/mol. The van der Waals surface area contributed by atoms with Gasteiger partial charge in [-0.1, -0.05) is 60.7 Å². The Kier molecular flexibility index (Phi) is 6.16. The molecule has 0 fully saturated rings. The first-order valence-corrected chi connectivity index (χ1v) is 7.65. The minimum absolute atomic E-state index is 0.162. The van der Waals surface area contributed by atoms with Crippen LogP contribution in [0, 0.1) is 0 Å². The molecule has 0 aliphatic rings. The first-order chi connectivity index (χ1) is 10.7. The molecule has 3 nitrogen and oxygen atoms in total. The lowest BCUT2D eigenvalue weighted by molar-refractivity contribution is -0.149. The van der Waals surface area contributed by atoms with Crippen molar-refractivity contribution < 1.29 is 9.53 Å². The molecule has 0 aliphatic heterocycles. The van der Waals surface area contributed by atoms with Crippen molar-refractivity contribution in [2.45, 2.75) is 25.9 Å². The van der Waals surface area contributed by atoms with Crippen molar-refractivity contribution in [1.82, 2.24) is 4.90 Å². The zero-order valence-corrected chi connectivity index (χ0v) is 13.2. The van der Waals surface area contributed by atoms with Gasteiger partial charge in [0.05, 0.1) is 6.61 Å². The minimum Gasteiger partial charge on any atom is -0.465 e. The molecule has 0 bridgehead atoms. The third-order valence-electron chi connectivity index (χ3n) is 3.64. The summed E-state index contributed by atoms with van der Waals surface area (Å²) in [6.07, 6.45) is 0.656. The van der Waals surface area contributed by atoms with Crippen LogP contribution in [0.25, 0.3) is 0 Å². The number of carbonyl (C=O) groups excluding carboxylic acids is 1. The molecule has 0 heterocycles. The molecule has 0 saturated carbocycles. The van der Waals surface area contributed by atoms with E-state index in [2.05, 4.69) is 17.0 Å². The molecule has 22 heavy (non-hydrogen) atoms. The number of ether oxygens (including phenoxy) is 1. The average Bonchev–Trinajstić information content (AvgIpc) is 2.54. The maximum absolute atomic E-state index is 12.3. The standard InChI is InChI=1S/C19H23NO2/c1-3-22-19(21)18(14-16-10-6-4-7-11-16)20(2)15-17-12-8-5-9-13-17/h4-13,18H,3,14-15H2,1-2H3. The Bertz CT molecular complexity index is 569. The van der Waals surface area contributed by atoms with Crippen molar-refractivity contribution in [2.24, 2.45) is 0 Å². The number of carbonyl (C=O) groups is 1. The first kappa shape index (κ1) is 16.2. The molecule has 0 N–H and O–H groups in total. The van der Waals surface area contributed by atoms with E-state index in [1.807, 2.05) is 62.5 Å². The van der Waals surface area contributed by atoms with Crippen LogP contribution in [0.4, 0.5) is 0 Å². The Labute approximate surface area is 132 Å². The lowest BCUT2D eigenvalue weighted by atomic mass is 10.0. The highest BCUT2D eigenvalue weighted by atomic mass is 16.5. The number of likely N-dealkylation sites (N-methyl/N-ethyl adjacent to an activating group) is 1. The summed E-state index contributed by atoms with van der Waals surface area (Å²) in [5.74, 6) is -0.162. The molecule has 1 atom stereocenters. The monoisotopic (exact) mass is 297 g/mol. The third kappa shape index (κ3) is 4.71. The molecule has 0 spiro atoms. The molecule has 3 heteroatoms. The summed E-state index contributed by atoms with van der Waals surface area (Å²) in [5, 5.41) is 0. The summed E-state index contributed by atoms with van der Waals surface area (Å²) in [4.78, 5) is 14.4. The molecule has 0 aromatic heterocycles. The number of esters is 1. The van der Waals surface area contributed by atoms with Crippen LogP contribution in [0.15, 0.2) is 60.7 Å². The highest BCUT2D eigenvalue weighted by molar-refractivity contribution is 5.76. The second-order valence-corrected chi connectivity index (χ2v) is 5.36. The van der Waals surface area contributed by atoms with E-state index in [0.717, 1.165) is 12.1 Å². The Morgan fingerprint density at radius 2 is 1.55 bits per heavy atom. The van der Waals surface area contributed by atoms with Crippen LogP contribution in [0.5, 0.6) is 0 Å². The molecule has 0 radical (unpaired) electrons. The molecular formula is C19H23NO2. The second kappa shape index (κ2) is 8.35. The van der Waals surface area contributed by atoms with Gasteiger partial charge in [-0.3, -0.25) is 9.69 Å². The van der Waals surface area contributed by atoms with Crippen LogP contribution in [0.1, 0.15) is 18.1 Å². The van der Waals surface area contributed by atoms with Gasteiger partial charge < -0.3 is 4.74 Å². The van der Waals surface area contributed by atoms with Gasteiger partial charge >= 0.3 is 5.97 Å². The number of benzene rings is 2. The molecule has 1 unspecified atom stereocenters. The van der Waals surface area contributed by atoms with Gasteiger partial charge in [0, 0.05) is 6.54 Å². The Morgan fingerprint density at radius 1 is 1.00 bits per heavy atom. The topological polar surface area (TPSA) is 29.5 Å². The normalized spacial score (nSPS) is 12.1. The molecule has 2 rings (SSSR count). The van der Waals surface area contributed by atoms with E-state index in [1.54, 1.807) is 0 Å². The van der Waals surface area contributed by atoms with Crippen LogP contribution in [-0.2, 0) is 22.5 Å². The van der Waals surface area contributed by atoms with Crippen molar-refractivity contribution in [1.29, 1.82) is 0 Å². The lowest BCUT2D eigenvalue weighted by Gasteiger charge is -2.26. The van der Waals surface area contributed by atoms with Gasteiger partial charge in [0.2, 0.25) is 0 Å². The van der Waals surface area contributed by atoms with Crippen molar-refractivity contribution in [3.05, 3.63) is 71.8 Å². The summed E-state index contributed by atoms with van der Waals surface area (Å²) in [6.45, 7) is 2.97. The number of hydrogen-bond acceptors (Lipinski definition) is 3. The molecule has 0 saturated heterocycles. The van der Waals surface area contributed by atoms with Gasteiger partial charge in [-0.05, 0) is 31.5 Å². The molecule has 2 aromatic carbocycles. The number of nitrogens with zero attached hydrogens (tertiary/aromatic N) is 1. The van der Waals surface area contributed by atoms with Crippen molar-refractivity contribution in [3.63, 3.8) is 0 Å². The van der Waals surface area contributed by atoms with Gasteiger partial charge in [-0.25, -0.2) is 0 Å². The molecule has 2 aromatic rings. The van der Waals surface area contributed by atoms with Gasteiger partial charge in [0.15, 0.2) is 0 Å². The predicted molar refractivity (Wildman–Crippen MR) is 88.5 cm³/mol. The molecule has 0 aliphatic carbocycles. The first-order valence-electron chi connectivity index (χ1n) is 7.65. The summed E-state index contributed by atoms with van der Waals surface area (Å²) in [5.41, 5.74) is 2.33. The minimum atomic E-state index is -0.275. The maximum Gasteiger partial charge on any atom is 0.323 e. The zero-order valence-electron chi connectivity index (χ0n) is 13.2. The Morgan fingerprint density at radius 3 is 2.09 bits per heavy atom. The van der Waals surface area contributed by atoms with Gasteiger partial charge in [-0.2, -0.15) is 0 Å². The zero-order chi connectivity index (χ0) is 15.8. The fourth-order valence-corrected chi connectivity index (χ4v) is 2.48. The van der Waals surface area contributed by atoms with Crippen LogP contribution < -0.4 is 0 Å². The van der Waals surface area contributed by atoms with E-state index >= 15 is 0 Å². The Hall–Kier alpha value is -2.13. The van der Waals surface area contributed by atoms with Crippen LogP contribution >= 0.6 is 0 Å². The van der Waals surface area contributed by atoms with Crippen molar-refractivity contribution in [2.75, 3.05) is 13.7 Å².